The molecule has 9 heteroatoms. The number of nitrogens with zero attached hydrogens (tertiary/aromatic N) is 2. The van der Waals surface area contributed by atoms with E-state index in [1.807, 2.05) is 0 Å². The summed E-state index contributed by atoms with van der Waals surface area (Å²) < 4.78 is 44.0. The van der Waals surface area contributed by atoms with Crippen molar-refractivity contribution in [3.8, 4) is 0 Å². The van der Waals surface area contributed by atoms with Gasteiger partial charge in [-0.15, -0.1) is 0 Å². The molecule has 0 heterocycles. The molecule has 0 saturated heterocycles. The average Bonchev–Trinajstić information content (AvgIpc) is 2.67. The van der Waals surface area contributed by atoms with E-state index in [0.717, 1.165) is 4.31 Å². The highest BCUT2D eigenvalue weighted by molar-refractivity contribution is 7.89. The van der Waals surface area contributed by atoms with Gasteiger partial charge < -0.3 is 9.64 Å². The number of carbonyl (C=O) groups excluding carboxylic acids is 2. The molecule has 7 nitrogen and oxygen atoms in total. The summed E-state index contributed by atoms with van der Waals surface area (Å²) in [7, 11) is 0.522. The molecule has 150 valence electrons. The van der Waals surface area contributed by atoms with Crippen LogP contribution in [0.1, 0.15) is 15.9 Å². The maximum atomic E-state index is 13.7. The van der Waals surface area contributed by atoms with Crippen LogP contribution in [0.3, 0.4) is 0 Å². The number of benzene rings is 2. The first-order valence-corrected chi connectivity index (χ1v) is 9.74. The highest BCUT2D eigenvalue weighted by Crippen LogP contribution is 2.16. The molecule has 0 atom stereocenters. The lowest BCUT2D eigenvalue weighted by Crippen LogP contribution is -2.31. The normalized spacial score (nSPS) is 11.3. The van der Waals surface area contributed by atoms with Gasteiger partial charge >= 0.3 is 5.97 Å². The predicted octanol–water partition coefficient (Wildman–Crippen LogP) is 1.89. The van der Waals surface area contributed by atoms with E-state index in [-0.39, 0.29) is 17.0 Å². The first-order valence-electron chi connectivity index (χ1n) is 8.30. The lowest BCUT2D eigenvalue weighted by atomic mass is 10.2. The highest BCUT2D eigenvalue weighted by atomic mass is 32.2. The first-order chi connectivity index (χ1) is 13.1. The molecule has 0 bridgehead atoms. The van der Waals surface area contributed by atoms with Crippen molar-refractivity contribution in [1.82, 2.24) is 9.21 Å². The Morgan fingerprint density at radius 3 is 2.36 bits per heavy atom. The lowest BCUT2D eigenvalue weighted by Gasteiger charge is -2.17. The van der Waals surface area contributed by atoms with Gasteiger partial charge in [-0.3, -0.25) is 4.79 Å². The van der Waals surface area contributed by atoms with Gasteiger partial charge in [0.2, 0.25) is 10.0 Å². The number of amides is 1. The van der Waals surface area contributed by atoms with Gasteiger partial charge in [0.05, 0.1) is 10.5 Å². The smallest absolute Gasteiger partial charge is 0.338 e. The standard InChI is InChI=1S/C19H21FN2O5S/c1-21(2)28(25,26)16-9-6-8-14(11-16)19(24)27-13-18(23)22(3)12-15-7-4-5-10-17(15)20/h4-11H,12-13H2,1-3H3. The van der Waals surface area contributed by atoms with Crippen molar-refractivity contribution >= 4 is 21.9 Å². The highest BCUT2D eigenvalue weighted by Gasteiger charge is 2.20. The monoisotopic (exact) mass is 408 g/mol. The Morgan fingerprint density at radius 2 is 1.71 bits per heavy atom. The fourth-order valence-electron chi connectivity index (χ4n) is 2.29. The van der Waals surface area contributed by atoms with Gasteiger partial charge in [0.15, 0.2) is 6.61 Å². The van der Waals surface area contributed by atoms with Crippen LogP contribution in [0.25, 0.3) is 0 Å². The topological polar surface area (TPSA) is 84.0 Å². The van der Waals surface area contributed by atoms with E-state index in [4.69, 9.17) is 4.74 Å². The largest absolute Gasteiger partial charge is 0.452 e. The lowest BCUT2D eigenvalue weighted by molar-refractivity contribution is -0.133. The summed E-state index contributed by atoms with van der Waals surface area (Å²) in [5.41, 5.74) is 0.346. The SMILES string of the molecule is CN(Cc1ccccc1F)C(=O)COC(=O)c1cccc(S(=O)(=O)N(C)C)c1. The van der Waals surface area contributed by atoms with E-state index in [1.54, 1.807) is 18.2 Å². The summed E-state index contributed by atoms with van der Waals surface area (Å²) >= 11 is 0. The molecule has 0 radical (unpaired) electrons. The molecule has 2 aromatic carbocycles. The van der Waals surface area contributed by atoms with E-state index in [1.165, 1.54) is 56.4 Å². The minimum Gasteiger partial charge on any atom is -0.452 e. The van der Waals surface area contributed by atoms with Crippen LogP contribution < -0.4 is 0 Å². The maximum absolute atomic E-state index is 13.7. The Hall–Kier alpha value is -2.78. The van der Waals surface area contributed by atoms with Gasteiger partial charge in [0.25, 0.3) is 5.91 Å². The van der Waals surface area contributed by atoms with Crippen LogP contribution in [-0.2, 0) is 26.1 Å². The Kier molecular flexibility index (Phi) is 6.87. The molecular formula is C19H21FN2O5S. The molecule has 0 aliphatic rings. The van der Waals surface area contributed by atoms with Crippen LogP contribution in [0.4, 0.5) is 4.39 Å². The third-order valence-electron chi connectivity index (χ3n) is 3.97. The number of carbonyl (C=O) groups is 2. The minimum absolute atomic E-state index is 0.00693. The van der Waals surface area contributed by atoms with Gasteiger partial charge in [-0.25, -0.2) is 21.9 Å². The van der Waals surface area contributed by atoms with Crippen molar-refractivity contribution in [2.45, 2.75) is 11.4 Å². The van der Waals surface area contributed by atoms with Crippen LogP contribution >= 0.6 is 0 Å². The van der Waals surface area contributed by atoms with Crippen LogP contribution in [0.15, 0.2) is 53.4 Å². The molecule has 0 aliphatic carbocycles. The molecule has 0 fully saturated rings. The molecule has 0 spiro atoms. The number of likely N-dealkylation sites (N-methyl/N-ethyl adjacent to an activating group) is 1. The molecule has 2 rings (SSSR count). The number of esters is 1. The molecule has 2 aromatic rings. The van der Waals surface area contributed by atoms with Crippen molar-refractivity contribution in [1.29, 1.82) is 0 Å². The van der Waals surface area contributed by atoms with Crippen molar-refractivity contribution < 1.29 is 27.1 Å². The Balaban J connectivity index is 2.00. The van der Waals surface area contributed by atoms with Crippen LogP contribution in [0, 0.1) is 5.82 Å². The van der Waals surface area contributed by atoms with Crippen molar-refractivity contribution in [2.24, 2.45) is 0 Å². The molecule has 0 aliphatic heterocycles. The second-order valence-electron chi connectivity index (χ2n) is 6.23. The fraction of sp³-hybridized carbons (Fsp3) is 0.263. The van der Waals surface area contributed by atoms with Crippen LogP contribution in [0.5, 0.6) is 0 Å². The quantitative estimate of drug-likeness (QED) is 0.654. The third-order valence-corrected chi connectivity index (χ3v) is 5.78. The molecule has 0 unspecified atom stereocenters. The molecule has 0 N–H and O–H groups in total. The van der Waals surface area contributed by atoms with Gasteiger partial charge in [-0.2, -0.15) is 0 Å². The number of rotatable bonds is 7. The summed E-state index contributed by atoms with van der Waals surface area (Å²) in [6.07, 6.45) is 0. The number of hydrogen-bond acceptors (Lipinski definition) is 5. The van der Waals surface area contributed by atoms with Gasteiger partial charge in [0, 0.05) is 33.3 Å². The Morgan fingerprint density at radius 1 is 1.04 bits per heavy atom. The van der Waals surface area contributed by atoms with Gasteiger partial charge in [-0.1, -0.05) is 24.3 Å². The van der Waals surface area contributed by atoms with Crippen LogP contribution in [-0.4, -0.2) is 57.2 Å². The Bertz CT molecular complexity index is 976. The van der Waals surface area contributed by atoms with E-state index < -0.39 is 34.3 Å². The summed E-state index contributed by atoms with van der Waals surface area (Å²) in [5.74, 6) is -1.78. The second-order valence-corrected chi connectivity index (χ2v) is 8.38. The zero-order valence-corrected chi connectivity index (χ0v) is 16.6. The third kappa shape index (κ3) is 5.14. The van der Waals surface area contributed by atoms with Crippen LogP contribution in [0.2, 0.25) is 0 Å². The maximum Gasteiger partial charge on any atom is 0.338 e. The number of hydrogen-bond donors (Lipinski definition) is 0. The number of sulfonamides is 1. The molecule has 1 amide bonds. The summed E-state index contributed by atoms with van der Waals surface area (Å²) in [6.45, 7) is -0.520. The van der Waals surface area contributed by atoms with E-state index in [0.29, 0.717) is 5.56 Å². The van der Waals surface area contributed by atoms with Crippen molar-refractivity contribution in [2.75, 3.05) is 27.7 Å². The van der Waals surface area contributed by atoms with Crippen molar-refractivity contribution in [3.05, 3.63) is 65.5 Å². The van der Waals surface area contributed by atoms with E-state index in [2.05, 4.69) is 0 Å². The predicted molar refractivity (Wildman–Crippen MR) is 100 cm³/mol. The zero-order chi connectivity index (χ0) is 20.9. The van der Waals surface area contributed by atoms with Gasteiger partial charge in [-0.05, 0) is 24.3 Å². The average molecular weight is 408 g/mol. The first kappa shape index (κ1) is 21.5. The zero-order valence-electron chi connectivity index (χ0n) is 15.8. The summed E-state index contributed by atoms with van der Waals surface area (Å²) in [5, 5.41) is 0. The summed E-state index contributed by atoms with van der Waals surface area (Å²) in [4.78, 5) is 25.5. The molecular weight excluding hydrogens is 387 g/mol. The molecule has 28 heavy (non-hydrogen) atoms. The minimum atomic E-state index is -3.70. The molecule has 0 aromatic heterocycles. The number of ether oxygens (including phenoxy) is 1. The second kappa shape index (κ2) is 8.94. The van der Waals surface area contributed by atoms with E-state index >= 15 is 0 Å². The van der Waals surface area contributed by atoms with Gasteiger partial charge in [0.1, 0.15) is 5.82 Å². The van der Waals surface area contributed by atoms with Crippen molar-refractivity contribution in [3.63, 3.8) is 0 Å². The number of halogens is 1. The fourth-order valence-corrected chi connectivity index (χ4v) is 3.23. The molecule has 0 saturated carbocycles. The van der Waals surface area contributed by atoms with E-state index in [9.17, 15) is 22.4 Å². The summed E-state index contributed by atoms with van der Waals surface area (Å²) in [6, 6.07) is 11.4. The Labute approximate surface area is 163 Å².